The molecule has 1 aromatic heterocycles. The molecule has 1 aromatic rings. The summed E-state index contributed by atoms with van der Waals surface area (Å²) in [7, 11) is 3.75. The van der Waals surface area contributed by atoms with E-state index in [0.29, 0.717) is 11.9 Å². The van der Waals surface area contributed by atoms with Crippen molar-refractivity contribution in [2.45, 2.75) is 32.1 Å². The van der Waals surface area contributed by atoms with E-state index in [-0.39, 0.29) is 5.28 Å². The van der Waals surface area contributed by atoms with Crippen LogP contribution in [0.2, 0.25) is 5.28 Å². The standard InChI is InChI=1S/C13H20ClN5/c1-19(2)13-17-11(14)16-12(18-13)15-9-8-10-6-4-3-5-7-10/h6H,3-5,7-9H2,1-2H3,(H,15,16,17,18). The number of hydrogen-bond donors (Lipinski definition) is 1. The molecule has 0 atom stereocenters. The molecule has 0 saturated carbocycles. The first kappa shape index (κ1) is 14.1. The van der Waals surface area contributed by atoms with Gasteiger partial charge in [0, 0.05) is 20.6 Å². The third-order valence-corrected chi connectivity index (χ3v) is 3.28. The van der Waals surface area contributed by atoms with Crippen molar-refractivity contribution >= 4 is 23.5 Å². The Labute approximate surface area is 119 Å². The molecule has 1 heterocycles. The fourth-order valence-electron chi connectivity index (χ4n) is 2.09. The molecule has 0 unspecified atom stereocenters. The maximum atomic E-state index is 5.88. The molecule has 0 spiro atoms. The van der Waals surface area contributed by atoms with Crippen LogP contribution in [0.5, 0.6) is 0 Å². The second-order valence-corrected chi connectivity index (χ2v) is 5.25. The van der Waals surface area contributed by atoms with Gasteiger partial charge in [0.2, 0.25) is 17.2 Å². The number of halogens is 1. The van der Waals surface area contributed by atoms with E-state index in [9.17, 15) is 0 Å². The molecule has 5 nitrogen and oxygen atoms in total. The predicted octanol–water partition coefficient (Wildman–Crippen LogP) is 2.89. The number of aromatic nitrogens is 3. The summed E-state index contributed by atoms with van der Waals surface area (Å²) in [5.74, 6) is 1.11. The second kappa shape index (κ2) is 6.70. The van der Waals surface area contributed by atoms with Gasteiger partial charge < -0.3 is 10.2 Å². The van der Waals surface area contributed by atoms with Gasteiger partial charge in [-0.25, -0.2) is 0 Å². The molecular weight excluding hydrogens is 262 g/mol. The van der Waals surface area contributed by atoms with Crippen molar-refractivity contribution in [3.05, 3.63) is 16.9 Å². The lowest BCUT2D eigenvalue weighted by Gasteiger charge is -2.14. The quantitative estimate of drug-likeness (QED) is 0.841. The van der Waals surface area contributed by atoms with Gasteiger partial charge in [0.15, 0.2) is 0 Å². The normalized spacial score (nSPS) is 15.0. The summed E-state index contributed by atoms with van der Waals surface area (Å²) in [6.45, 7) is 0.832. The van der Waals surface area contributed by atoms with Crippen LogP contribution in [0.4, 0.5) is 11.9 Å². The first-order chi connectivity index (χ1) is 9.15. The molecule has 0 aliphatic heterocycles. The minimum atomic E-state index is 0.220. The van der Waals surface area contributed by atoms with Crippen LogP contribution in [0.1, 0.15) is 32.1 Å². The lowest BCUT2D eigenvalue weighted by Crippen LogP contribution is -2.15. The summed E-state index contributed by atoms with van der Waals surface area (Å²) in [5, 5.41) is 3.43. The summed E-state index contributed by atoms with van der Waals surface area (Å²) in [6, 6.07) is 0. The van der Waals surface area contributed by atoms with Gasteiger partial charge in [0.05, 0.1) is 0 Å². The largest absolute Gasteiger partial charge is 0.354 e. The molecule has 0 fully saturated rings. The molecule has 0 amide bonds. The third-order valence-electron chi connectivity index (χ3n) is 3.11. The summed E-state index contributed by atoms with van der Waals surface area (Å²) < 4.78 is 0. The van der Waals surface area contributed by atoms with Crippen molar-refractivity contribution in [2.24, 2.45) is 0 Å². The van der Waals surface area contributed by atoms with Gasteiger partial charge in [-0.15, -0.1) is 0 Å². The van der Waals surface area contributed by atoms with Gasteiger partial charge in [-0.2, -0.15) is 15.0 Å². The second-order valence-electron chi connectivity index (χ2n) is 4.91. The monoisotopic (exact) mass is 281 g/mol. The lowest BCUT2D eigenvalue weighted by molar-refractivity contribution is 0.679. The van der Waals surface area contributed by atoms with E-state index < -0.39 is 0 Å². The molecule has 0 radical (unpaired) electrons. The minimum Gasteiger partial charge on any atom is -0.354 e. The average Bonchev–Trinajstić information content (AvgIpc) is 2.39. The Hall–Kier alpha value is -1.36. The van der Waals surface area contributed by atoms with E-state index in [0.717, 1.165) is 13.0 Å². The van der Waals surface area contributed by atoms with Crippen molar-refractivity contribution in [2.75, 3.05) is 30.9 Å². The van der Waals surface area contributed by atoms with Crippen molar-refractivity contribution in [1.29, 1.82) is 0 Å². The van der Waals surface area contributed by atoms with Crippen LogP contribution < -0.4 is 10.2 Å². The van der Waals surface area contributed by atoms with Crippen molar-refractivity contribution < 1.29 is 0 Å². The fraction of sp³-hybridized carbons (Fsp3) is 0.615. The average molecular weight is 282 g/mol. The highest BCUT2D eigenvalue weighted by atomic mass is 35.5. The zero-order valence-corrected chi connectivity index (χ0v) is 12.2. The Morgan fingerprint density at radius 3 is 2.79 bits per heavy atom. The van der Waals surface area contributed by atoms with Gasteiger partial charge in [0.1, 0.15) is 0 Å². The topological polar surface area (TPSA) is 53.9 Å². The lowest BCUT2D eigenvalue weighted by atomic mass is 9.97. The molecule has 1 aliphatic carbocycles. The minimum absolute atomic E-state index is 0.220. The summed E-state index contributed by atoms with van der Waals surface area (Å²) in [5.41, 5.74) is 1.53. The smallest absolute Gasteiger partial charge is 0.230 e. The molecule has 0 bridgehead atoms. The van der Waals surface area contributed by atoms with Crippen LogP contribution in [0.3, 0.4) is 0 Å². The van der Waals surface area contributed by atoms with Crippen LogP contribution in [0.15, 0.2) is 11.6 Å². The van der Waals surface area contributed by atoms with Gasteiger partial charge in [-0.1, -0.05) is 11.6 Å². The molecular formula is C13H20ClN5. The van der Waals surface area contributed by atoms with Crippen molar-refractivity contribution in [1.82, 2.24) is 15.0 Å². The number of anilines is 2. The van der Waals surface area contributed by atoms with E-state index in [2.05, 4.69) is 26.3 Å². The van der Waals surface area contributed by atoms with E-state index in [4.69, 9.17) is 11.6 Å². The first-order valence-electron chi connectivity index (χ1n) is 6.66. The Morgan fingerprint density at radius 2 is 2.11 bits per heavy atom. The highest BCUT2D eigenvalue weighted by Crippen LogP contribution is 2.20. The fourth-order valence-corrected chi connectivity index (χ4v) is 2.24. The molecule has 2 rings (SSSR count). The Balaban J connectivity index is 1.90. The van der Waals surface area contributed by atoms with Crippen LogP contribution in [0, 0.1) is 0 Å². The van der Waals surface area contributed by atoms with E-state index in [1.54, 1.807) is 0 Å². The third kappa shape index (κ3) is 4.35. The van der Waals surface area contributed by atoms with Crippen LogP contribution in [-0.2, 0) is 0 Å². The van der Waals surface area contributed by atoms with Crippen LogP contribution in [-0.4, -0.2) is 35.6 Å². The summed E-state index contributed by atoms with van der Waals surface area (Å²) >= 11 is 5.88. The highest BCUT2D eigenvalue weighted by molar-refractivity contribution is 6.28. The van der Waals surface area contributed by atoms with Crippen LogP contribution in [0.25, 0.3) is 0 Å². The van der Waals surface area contributed by atoms with Gasteiger partial charge >= 0.3 is 0 Å². The van der Waals surface area contributed by atoms with E-state index in [1.165, 1.54) is 31.3 Å². The molecule has 19 heavy (non-hydrogen) atoms. The zero-order valence-electron chi connectivity index (χ0n) is 11.5. The van der Waals surface area contributed by atoms with Gasteiger partial charge in [0.25, 0.3) is 0 Å². The summed E-state index contributed by atoms with van der Waals surface area (Å²) in [6.07, 6.45) is 8.48. The maximum absolute atomic E-state index is 5.88. The van der Waals surface area contributed by atoms with E-state index in [1.807, 2.05) is 19.0 Å². The van der Waals surface area contributed by atoms with Crippen molar-refractivity contribution in [3.8, 4) is 0 Å². The number of nitrogens with zero attached hydrogens (tertiary/aromatic N) is 4. The maximum Gasteiger partial charge on any atom is 0.230 e. The molecule has 6 heteroatoms. The number of rotatable bonds is 5. The van der Waals surface area contributed by atoms with E-state index >= 15 is 0 Å². The Bertz CT molecular complexity index is 458. The SMILES string of the molecule is CN(C)c1nc(Cl)nc(NCCC2=CCCCC2)n1. The number of nitrogens with one attached hydrogen (secondary N) is 1. The number of allylic oxidation sites excluding steroid dienone is 1. The molecule has 0 saturated heterocycles. The summed E-state index contributed by atoms with van der Waals surface area (Å²) in [4.78, 5) is 14.2. The van der Waals surface area contributed by atoms with Crippen molar-refractivity contribution in [3.63, 3.8) is 0 Å². The van der Waals surface area contributed by atoms with Gasteiger partial charge in [-0.3, -0.25) is 0 Å². The predicted molar refractivity (Wildman–Crippen MR) is 78.8 cm³/mol. The molecule has 104 valence electrons. The molecule has 1 N–H and O–H groups in total. The highest BCUT2D eigenvalue weighted by Gasteiger charge is 2.07. The molecule has 0 aromatic carbocycles. The first-order valence-corrected chi connectivity index (χ1v) is 7.03. The van der Waals surface area contributed by atoms with Gasteiger partial charge in [-0.05, 0) is 43.7 Å². The number of hydrogen-bond acceptors (Lipinski definition) is 5. The van der Waals surface area contributed by atoms with Crippen LogP contribution >= 0.6 is 11.6 Å². The molecule has 1 aliphatic rings. The zero-order chi connectivity index (χ0) is 13.7. The Morgan fingerprint density at radius 1 is 1.26 bits per heavy atom. The Kier molecular flexibility index (Phi) is 4.96.